The first-order valence-corrected chi connectivity index (χ1v) is 5.91. The topological polar surface area (TPSA) is 53.1 Å². The molecule has 4 heteroatoms. The summed E-state index contributed by atoms with van der Waals surface area (Å²) in [5.41, 5.74) is 8.33. The third-order valence-corrected chi connectivity index (χ3v) is 2.88. The highest BCUT2D eigenvalue weighted by atomic mass is 16.5. The Labute approximate surface area is 96.1 Å². The minimum absolute atomic E-state index is 0.171. The van der Waals surface area contributed by atoms with Gasteiger partial charge in [0.25, 0.3) is 0 Å². The van der Waals surface area contributed by atoms with Crippen LogP contribution < -0.4 is 5.73 Å². The van der Waals surface area contributed by atoms with E-state index in [4.69, 9.17) is 10.5 Å². The minimum Gasteiger partial charge on any atom is -0.496 e. The van der Waals surface area contributed by atoms with Gasteiger partial charge in [0.05, 0.1) is 18.0 Å². The molecule has 0 radical (unpaired) electrons. The molecule has 1 unspecified atom stereocenters. The SMILES string of the molecule is CCc1cc(C(N)C2=CCCO2)n(CC)n1. The zero-order valence-corrected chi connectivity index (χ0v) is 9.94. The molecule has 2 heterocycles. The maximum absolute atomic E-state index is 6.19. The first-order chi connectivity index (χ1) is 7.76. The Kier molecular flexibility index (Phi) is 3.29. The van der Waals surface area contributed by atoms with Gasteiger partial charge >= 0.3 is 0 Å². The highest BCUT2D eigenvalue weighted by Crippen LogP contribution is 2.24. The molecule has 1 aromatic heterocycles. The van der Waals surface area contributed by atoms with Crippen molar-refractivity contribution in [1.29, 1.82) is 0 Å². The Morgan fingerprint density at radius 3 is 2.94 bits per heavy atom. The zero-order valence-electron chi connectivity index (χ0n) is 9.94. The van der Waals surface area contributed by atoms with Crippen LogP contribution in [0.2, 0.25) is 0 Å². The lowest BCUT2D eigenvalue weighted by atomic mass is 10.1. The van der Waals surface area contributed by atoms with Gasteiger partial charge in [-0.25, -0.2) is 0 Å². The molecule has 0 fully saturated rings. The van der Waals surface area contributed by atoms with E-state index in [1.807, 2.05) is 4.68 Å². The average molecular weight is 221 g/mol. The molecule has 88 valence electrons. The molecule has 0 aromatic carbocycles. The summed E-state index contributed by atoms with van der Waals surface area (Å²) in [6.07, 6.45) is 3.97. The molecule has 1 aromatic rings. The van der Waals surface area contributed by atoms with Gasteiger partial charge in [0, 0.05) is 13.0 Å². The van der Waals surface area contributed by atoms with Crippen molar-refractivity contribution in [2.45, 2.75) is 39.3 Å². The monoisotopic (exact) mass is 221 g/mol. The Hall–Kier alpha value is -1.29. The third kappa shape index (κ3) is 1.97. The van der Waals surface area contributed by atoms with E-state index >= 15 is 0 Å². The molecule has 0 spiro atoms. The second kappa shape index (κ2) is 4.70. The number of hydrogen-bond acceptors (Lipinski definition) is 3. The van der Waals surface area contributed by atoms with Gasteiger partial charge in [0.15, 0.2) is 0 Å². The van der Waals surface area contributed by atoms with E-state index in [-0.39, 0.29) is 6.04 Å². The van der Waals surface area contributed by atoms with Crippen LogP contribution in [0.15, 0.2) is 17.9 Å². The van der Waals surface area contributed by atoms with Gasteiger partial charge in [0.2, 0.25) is 0 Å². The summed E-state index contributed by atoms with van der Waals surface area (Å²) in [5, 5.41) is 4.49. The van der Waals surface area contributed by atoms with Crippen molar-refractivity contribution >= 4 is 0 Å². The molecule has 2 N–H and O–H groups in total. The summed E-state index contributed by atoms with van der Waals surface area (Å²) in [4.78, 5) is 0. The number of nitrogens with two attached hydrogens (primary N) is 1. The standard InChI is InChI=1S/C12H19N3O/c1-3-9-8-10(15(4-2)14-9)12(13)11-6-5-7-16-11/h6,8,12H,3-5,7,13H2,1-2H3. The number of ether oxygens (including phenoxy) is 1. The first kappa shape index (κ1) is 11.2. The molecule has 1 aliphatic heterocycles. The summed E-state index contributed by atoms with van der Waals surface area (Å²) < 4.78 is 7.47. The van der Waals surface area contributed by atoms with Gasteiger partial charge in [-0.1, -0.05) is 6.92 Å². The van der Waals surface area contributed by atoms with E-state index in [0.717, 1.165) is 43.1 Å². The summed E-state index contributed by atoms with van der Waals surface area (Å²) in [7, 11) is 0. The molecule has 0 bridgehead atoms. The van der Waals surface area contributed by atoms with Crippen LogP contribution in [0.4, 0.5) is 0 Å². The van der Waals surface area contributed by atoms with Gasteiger partial charge in [-0.3, -0.25) is 4.68 Å². The van der Waals surface area contributed by atoms with Crippen molar-refractivity contribution < 1.29 is 4.74 Å². The number of aryl methyl sites for hydroxylation is 2. The molecule has 4 nitrogen and oxygen atoms in total. The van der Waals surface area contributed by atoms with E-state index in [1.165, 1.54) is 0 Å². The Morgan fingerprint density at radius 1 is 1.56 bits per heavy atom. The largest absolute Gasteiger partial charge is 0.496 e. The van der Waals surface area contributed by atoms with Crippen molar-refractivity contribution in [3.63, 3.8) is 0 Å². The van der Waals surface area contributed by atoms with Crippen molar-refractivity contribution in [2.75, 3.05) is 6.61 Å². The van der Waals surface area contributed by atoms with Crippen LogP contribution in [0.1, 0.15) is 37.7 Å². The van der Waals surface area contributed by atoms with E-state index in [0.29, 0.717) is 0 Å². The number of rotatable bonds is 4. The van der Waals surface area contributed by atoms with Gasteiger partial charge in [-0.05, 0) is 25.5 Å². The Balaban J connectivity index is 2.27. The summed E-state index contributed by atoms with van der Waals surface area (Å²) in [6, 6.07) is 1.91. The second-order valence-corrected chi connectivity index (χ2v) is 3.95. The van der Waals surface area contributed by atoms with Crippen LogP contribution in [-0.2, 0) is 17.7 Å². The lowest BCUT2D eigenvalue weighted by molar-refractivity contribution is 0.223. The fraction of sp³-hybridized carbons (Fsp3) is 0.583. The predicted molar refractivity (Wildman–Crippen MR) is 62.9 cm³/mol. The number of aromatic nitrogens is 2. The van der Waals surface area contributed by atoms with E-state index in [9.17, 15) is 0 Å². The molecule has 0 saturated carbocycles. The number of hydrogen-bond donors (Lipinski definition) is 1. The fourth-order valence-electron chi connectivity index (χ4n) is 1.96. The molecular weight excluding hydrogens is 202 g/mol. The average Bonchev–Trinajstić information content (AvgIpc) is 2.96. The van der Waals surface area contributed by atoms with E-state index in [1.54, 1.807) is 0 Å². The van der Waals surface area contributed by atoms with Crippen LogP contribution in [0.3, 0.4) is 0 Å². The van der Waals surface area contributed by atoms with Crippen LogP contribution in [0.5, 0.6) is 0 Å². The van der Waals surface area contributed by atoms with Gasteiger partial charge in [0.1, 0.15) is 11.8 Å². The molecular formula is C12H19N3O. The predicted octanol–water partition coefficient (Wildman–Crippen LogP) is 1.77. The van der Waals surface area contributed by atoms with Gasteiger partial charge in [-0.2, -0.15) is 5.10 Å². The quantitative estimate of drug-likeness (QED) is 0.843. The second-order valence-electron chi connectivity index (χ2n) is 3.95. The molecule has 0 aliphatic carbocycles. The maximum Gasteiger partial charge on any atom is 0.115 e. The van der Waals surface area contributed by atoms with Gasteiger partial charge < -0.3 is 10.5 Å². The van der Waals surface area contributed by atoms with Crippen molar-refractivity contribution in [3.8, 4) is 0 Å². The molecule has 2 rings (SSSR count). The Morgan fingerprint density at radius 2 is 2.38 bits per heavy atom. The summed E-state index contributed by atoms with van der Waals surface area (Å²) in [6.45, 7) is 5.77. The van der Waals surface area contributed by atoms with E-state index in [2.05, 4.69) is 31.1 Å². The third-order valence-electron chi connectivity index (χ3n) is 2.88. The fourth-order valence-corrected chi connectivity index (χ4v) is 1.96. The van der Waals surface area contributed by atoms with Gasteiger partial charge in [-0.15, -0.1) is 0 Å². The molecule has 0 saturated heterocycles. The first-order valence-electron chi connectivity index (χ1n) is 5.91. The number of nitrogens with zero attached hydrogens (tertiary/aromatic N) is 2. The molecule has 16 heavy (non-hydrogen) atoms. The van der Waals surface area contributed by atoms with E-state index < -0.39 is 0 Å². The lowest BCUT2D eigenvalue weighted by Gasteiger charge is -2.14. The van der Waals surface area contributed by atoms with Crippen molar-refractivity contribution in [3.05, 3.63) is 29.3 Å². The minimum atomic E-state index is -0.171. The normalized spacial score (nSPS) is 17.1. The van der Waals surface area contributed by atoms with Crippen LogP contribution in [0.25, 0.3) is 0 Å². The molecule has 1 atom stereocenters. The summed E-state index contributed by atoms with van der Waals surface area (Å²) in [5.74, 6) is 0.886. The smallest absolute Gasteiger partial charge is 0.115 e. The lowest BCUT2D eigenvalue weighted by Crippen LogP contribution is -2.18. The van der Waals surface area contributed by atoms with Crippen LogP contribution in [-0.4, -0.2) is 16.4 Å². The molecule has 1 aliphatic rings. The van der Waals surface area contributed by atoms with Crippen LogP contribution in [0, 0.1) is 0 Å². The zero-order chi connectivity index (χ0) is 11.5. The Bertz CT molecular complexity index is 395. The van der Waals surface area contributed by atoms with Crippen LogP contribution >= 0.6 is 0 Å². The highest BCUT2D eigenvalue weighted by Gasteiger charge is 2.20. The van der Waals surface area contributed by atoms with Crippen molar-refractivity contribution in [1.82, 2.24) is 9.78 Å². The molecule has 0 amide bonds. The maximum atomic E-state index is 6.19. The highest BCUT2D eigenvalue weighted by molar-refractivity contribution is 5.22. The van der Waals surface area contributed by atoms with Crippen molar-refractivity contribution in [2.24, 2.45) is 5.73 Å². The summed E-state index contributed by atoms with van der Waals surface area (Å²) >= 11 is 0.